The van der Waals surface area contributed by atoms with Crippen LogP contribution in [0.5, 0.6) is 23.0 Å². The maximum atomic E-state index is 12.8. The van der Waals surface area contributed by atoms with E-state index in [-0.39, 0.29) is 5.91 Å². The summed E-state index contributed by atoms with van der Waals surface area (Å²) in [6.07, 6.45) is 0. The summed E-state index contributed by atoms with van der Waals surface area (Å²) in [4.78, 5) is 17.8. The molecule has 0 aliphatic heterocycles. The van der Waals surface area contributed by atoms with Crippen molar-refractivity contribution in [2.75, 3.05) is 26.6 Å². The van der Waals surface area contributed by atoms with Gasteiger partial charge in [-0.15, -0.1) is 11.3 Å². The number of aryl methyl sites for hydroxylation is 2. The molecule has 0 saturated carbocycles. The fourth-order valence-electron chi connectivity index (χ4n) is 2.85. The standard InChI is InChI=1S/C22H24N2O5S/c1-13-6-8-16(9-7-13)29-12-19-23-14(2)21(30-19)22(25)24-15-10-17(26-3)20(28-5)18(11-15)27-4/h6-11H,12H2,1-5H3,(H,24,25). The van der Waals surface area contributed by atoms with Crippen LogP contribution < -0.4 is 24.3 Å². The third-order valence-electron chi connectivity index (χ3n) is 4.35. The van der Waals surface area contributed by atoms with Crippen molar-refractivity contribution >= 4 is 22.9 Å². The Bertz CT molecular complexity index is 1010. The highest BCUT2D eigenvalue weighted by Gasteiger charge is 2.19. The van der Waals surface area contributed by atoms with Gasteiger partial charge in [0, 0.05) is 17.8 Å². The SMILES string of the molecule is COc1cc(NC(=O)c2sc(COc3ccc(C)cc3)nc2C)cc(OC)c1OC. The smallest absolute Gasteiger partial charge is 0.267 e. The Morgan fingerprint density at radius 3 is 2.20 bits per heavy atom. The normalized spacial score (nSPS) is 10.4. The average Bonchev–Trinajstić information content (AvgIpc) is 3.13. The first-order valence-electron chi connectivity index (χ1n) is 9.22. The number of benzene rings is 2. The summed E-state index contributed by atoms with van der Waals surface area (Å²) in [5, 5.41) is 3.59. The number of amides is 1. The zero-order chi connectivity index (χ0) is 21.7. The number of nitrogens with one attached hydrogen (secondary N) is 1. The lowest BCUT2D eigenvalue weighted by Crippen LogP contribution is -2.12. The molecule has 8 heteroatoms. The number of thiazole rings is 1. The average molecular weight is 429 g/mol. The summed E-state index contributed by atoms with van der Waals surface area (Å²) < 4.78 is 21.7. The van der Waals surface area contributed by atoms with Crippen LogP contribution in [0.4, 0.5) is 5.69 Å². The van der Waals surface area contributed by atoms with E-state index in [2.05, 4.69) is 10.3 Å². The Labute approximate surface area is 179 Å². The number of anilines is 1. The van der Waals surface area contributed by atoms with Crippen LogP contribution in [0.15, 0.2) is 36.4 Å². The lowest BCUT2D eigenvalue weighted by Gasteiger charge is -2.14. The minimum Gasteiger partial charge on any atom is -0.493 e. The van der Waals surface area contributed by atoms with Crippen molar-refractivity contribution in [3.63, 3.8) is 0 Å². The number of ether oxygens (including phenoxy) is 4. The number of carbonyl (C=O) groups excluding carboxylic acids is 1. The molecule has 7 nitrogen and oxygen atoms in total. The molecule has 1 aromatic heterocycles. The molecule has 0 spiro atoms. The molecule has 0 saturated heterocycles. The van der Waals surface area contributed by atoms with E-state index >= 15 is 0 Å². The van der Waals surface area contributed by atoms with Gasteiger partial charge >= 0.3 is 0 Å². The fraction of sp³-hybridized carbons (Fsp3) is 0.273. The number of methoxy groups -OCH3 is 3. The van der Waals surface area contributed by atoms with Crippen LogP contribution in [0, 0.1) is 13.8 Å². The quantitative estimate of drug-likeness (QED) is 0.564. The first kappa shape index (κ1) is 21.4. The van der Waals surface area contributed by atoms with Crippen molar-refractivity contribution in [2.45, 2.75) is 20.5 Å². The van der Waals surface area contributed by atoms with Crippen molar-refractivity contribution in [1.82, 2.24) is 4.98 Å². The molecule has 0 bridgehead atoms. The molecular weight excluding hydrogens is 404 g/mol. The van der Waals surface area contributed by atoms with E-state index in [1.807, 2.05) is 31.2 Å². The Morgan fingerprint density at radius 1 is 1.00 bits per heavy atom. The van der Waals surface area contributed by atoms with Crippen LogP contribution >= 0.6 is 11.3 Å². The van der Waals surface area contributed by atoms with Crippen molar-refractivity contribution in [2.24, 2.45) is 0 Å². The van der Waals surface area contributed by atoms with Crippen LogP contribution in [0.25, 0.3) is 0 Å². The van der Waals surface area contributed by atoms with Gasteiger partial charge in [-0.3, -0.25) is 4.79 Å². The van der Waals surface area contributed by atoms with Gasteiger partial charge in [-0.05, 0) is 26.0 Å². The number of hydrogen-bond acceptors (Lipinski definition) is 7. The van der Waals surface area contributed by atoms with Gasteiger partial charge in [0.15, 0.2) is 11.5 Å². The topological polar surface area (TPSA) is 78.9 Å². The van der Waals surface area contributed by atoms with Gasteiger partial charge < -0.3 is 24.3 Å². The van der Waals surface area contributed by atoms with Gasteiger partial charge in [0.2, 0.25) is 5.75 Å². The van der Waals surface area contributed by atoms with Gasteiger partial charge in [-0.25, -0.2) is 4.98 Å². The molecule has 0 fully saturated rings. The van der Waals surface area contributed by atoms with Gasteiger partial charge in [0.25, 0.3) is 5.91 Å². The summed E-state index contributed by atoms with van der Waals surface area (Å²) in [7, 11) is 4.58. The molecule has 0 atom stereocenters. The molecule has 1 N–H and O–H groups in total. The molecule has 2 aromatic carbocycles. The highest BCUT2D eigenvalue weighted by atomic mass is 32.1. The minimum absolute atomic E-state index is 0.263. The molecule has 1 amide bonds. The first-order valence-corrected chi connectivity index (χ1v) is 10.0. The van der Waals surface area contributed by atoms with Crippen LogP contribution in [-0.2, 0) is 6.61 Å². The Balaban J connectivity index is 1.73. The first-order chi connectivity index (χ1) is 14.4. The number of hydrogen-bond donors (Lipinski definition) is 1. The number of carbonyl (C=O) groups is 1. The molecule has 0 radical (unpaired) electrons. The van der Waals surface area contributed by atoms with E-state index < -0.39 is 0 Å². The molecule has 0 aliphatic carbocycles. The number of rotatable bonds is 8. The zero-order valence-electron chi connectivity index (χ0n) is 17.6. The Kier molecular flexibility index (Phi) is 6.79. The summed E-state index contributed by atoms with van der Waals surface area (Å²) >= 11 is 1.30. The van der Waals surface area contributed by atoms with Gasteiger partial charge in [0.05, 0.1) is 27.0 Å². The van der Waals surface area contributed by atoms with E-state index in [0.717, 1.165) is 16.3 Å². The molecule has 3 rings (SSSR count). The van der Waals surface area contributed by atoms with E-state index in [0.29, 0.717) is 40.1 Å². The lowest BCUT2D eigenvalue weighted by atomic mass is 10.2. The second-order valence-corrected chi connectivity index (χ2v) is 7.58. The van der Waals surface area contributed by atoms with Gasteiger partial charge in [-0.2, -0.15) is 0 Å². The molecule has 0 aliphatic rings. The lowest BCUT2D eigenvalue weighted by molar-refractivity contribution is 0.103. The maximum absolute atomic E-state index is 12.8. The van der Waals surface area contributed by atoms with Crippen LogP contribution in [0.2, 0.25) is 0 Å². The molecule has 30 heavy (non-hydrogen) atoms. The monoisotopic (exact) mass is 428 g/mol. The van der Waals surface area contributed by atoms with Gasteiger partial charge in [-0.1, -0.05) is 17.7 Å². The van der Waals surface area contributed by atoms with E-state index in [9.17, 15) is 4.79 Å². The molecule has 3 aromatic rings. The van der Waals surface area contributed by atoms with Crippen LogP contribution in [-0.4, -0.2) is 32.2 Å². The fourth-order valence-corrected chi connectivity index (χ4v) is 3.72. The summed E-state index contributed by atoms with van der Waals surface area (Å²) in [6, 6.07) is 11.1. The molecule has 158 valence electrons. The predicted octanol–water partition coefficient (Wildman–Crippen LogP) is 4.62. The predicted molar refractivity (Wildman–Crippen MR) is 116 cm³/mol. The number of nitrogens with zero attached hydrogens (tertiary/aromatic N) is 1. The largest absolute Gasteiger partial charge is 0.493 e. The van der Waals surface area contributed by atoms with Crippen molar-refractivity contribution < 1.29 is 23.7 Å². The van der Waals surface area contributed by atoms with Crippen molar-refractivity contribution in [1.29, 1.82) is 0 Å². The highest BCUT2D eigenvalue weighted by Crippen LogP contribution is 2.40. The molecule has 1 heterocycles. The highest BCUT2D eigenvalue weighted by molar-refractivity contribution is 7.13. The van der Waals surface area contributed by atoms with E-state index in [1.54, 1.807) is 19.1 Å². The number of aromatic nitrogens is 1. The Hall–Kier alpha value is -3.26. The molecular formula is C22H24N2O5S. The second-order valence-electron chi connectivity index (χ2n) is 6.49. The Morgan fingerprint density at radius 2 is 1.63 bits per heavy atom. The van der Waals surface area contributed by atoms with E-state index in [1.165, 1.54) is 32.7 Å². The summed E-state index contributed by atoms with van der Waals surface area (Å²) in [6.45, 7) is 4.12. The minimum atomic E-state index is -0.263. The maximum Gasteiger partial charge on any atom is 0.267 e. The third kappa shape index (κ3) is 4.83. The second kappa shape index (κ2) is 9.49. The third-order valence-corrected chi connectivity index (χ3v) is 5.48. The molecule has 0 unspecified atom stereocenters. The summed E-state index contributed by atoms with van der Waals surface area (Å²) in [5.41, 5.74) is 2.34. The van der Waals surface area contributed by atoms with Crippen molar-refractivity contribution in [3.05, 3.63) is 57.5 Å². The van der Waals surface area contributed by atoms with E-state index in [4.69, 9.17) is 18.9 Å². The van der Waals surface area contributed by atoms with Crippen LogP contribution in [0.3, 0.4) is 0 Å². The zero-order valence-corrected chi connectivity index (χ0v) is 18.4. The van der Waals surface area contributed by atoms with Crippen molar-refractivity contribution in [3.8, 4) is 23.0 Å². The van der Waals surface area contributed by atoms with Crippen LogP contribution in [0.1, 0.15) is 25.9 Å². The van der Waals surface area contributed by atoms with Gasteiger partial charge in [0.1, 0.15) is 22.2 Å². The summed E-state index contributed by atoms with van der Waals surface area (Å²) in [5.74, 6) is 1.88.